The molecule has 0 spiro atoms. The van der Waals surface area contributed by atoms with E-state index >= 15 is 0 Å². The zero-order valence-corrected chi connectivity index (χ0v) is 14.8. The molecule has 1 heterocycles. The Labute approximate surface area is 150 Å². The summed E-state index contributed by atoms with van der Waals surface area (Å²) in [7, 11) is 0. The summed E-state index contributed by atoms with van der Waals surface area (Å²) in [5, 5.41) is 8.92. The Morgan fingerprint density at radius 1 is 1.42 bits per heavy atom. The average molecular weight is 384 g/mol. The Bertz CT molecular complexity index is 801. The van der Waals surface area contributed by atoms with Crippen molar-refractivity contribution in [3.63, 3.8) is 0 Å². The molecule has 3 amide bonds. The van der Waals surface area contributed by atoms with E-state index in [-0.39, 0.29) is 18.1 Å². The maximum Gasteiger partial charge on any atom is 0.321 e. The molecule has 0 aliphatic carbocycles. The van der Waals surface area contributed by atoms with Crippen molar-refractivity contribution in [2.75, 3.05) is 12.3 Å². The van der Waals surface area contributed by atoms with Gasteiger partial charge in [0.2, 0.25) is 5.91 Å². The van der Waals surface area contributed by atoms with Crippen molar-refractivity contribution in [1.29, 1.82) is 0 Å². The van der Waals surface area contributed by atoms with Crippen LogP contribution in [-0.4, -0.2) is 34.0 Å². The van der Waals surface area contributed by atoms with Crippen molar-refractivity contribution in [1.82, 2.24) is 20.4 Å². The number of thioether (sulfide) groups is 1. The molecule has 0 atom stereocenters. The normalized spacial score (nSPS) is 10.2. The third-order valence-corrected chi connectivity index (χ3v) is 4.95. The number of imide groups is 1. The highest BCUT2D eigenvalue weighted by molar-refractivity contribution is 8.01. The molecule has 0 saturated carbocycles. The number of carbonyl (C=O) groups excluding carboxylic acids is 2. The number of urea groups is 1. The Morgan fingerprint density at radius 2 is 2.12 bits per heavy atom. The van der Waals surface area contributed by atoms with Gasteiger partial charge in [0.05, 0.1) is 11.4 Å². The number of amides is 3. The number of hydrogen-bond acceptors (Lipinski definition) is 6. The molecule has 10 heteroatoms. The van der Waals surface area contributed by atoms with Crippen LogP contribution in [0.3, 0.4) is 0 Å². The third-order valence-electron chi connectivity index (χ3n) is 2.59. The molecule has 0 aliphatic rings. The summed E-state index contributed by atoms with van der Waals surface area (Å²) in [4.78, 5) is 23.0. The lowest BCUT2D eigenvalue weighted by Crippen LogP contribution is -2.40. The van der Waals surface area contributed by atoms with Crippen LogP contribution in [0.4, 0.5) is 9.18 Å². The second-order valence-electron chi connectivity index (χ2n) is 4.36. The van der Waals surface area contributed by atoms with Crippen molar-refractivity contribution < 1.29 is 14.0 Å². The van der Waals surface area contributed by atoms with Crippen LogP contribution in [-0.2, 0) is 4.79 Å². The third kappa shape index (κ3) is 5.25. The average Bonchev–Trinajstić information content (AvgIpc) is 2.92. The van der Waals surface area contributed by atoms with Crippen LogP contribution in [0.25, 0.3) is 5.69 Å². The van der Waals surface area contributed by atoms with E-state index in [1.165, 1.54) is 34.2 Å². The van der Waals surface area contributed by atoms with E-state index in [1.807, 2.05) is 0 Å². The smallest absolute Gasteiger partial charge is 0.321 e. The van der Waals surface area contributed by atoms with Gasteiger partial charge in [0.25, 0.3) is 0 Å². The summed E-state index contributed by atoms with van der Waals surface area (Å²) < 4.78 is 15.5. The number of carbonyl (C=O) groups is 2. The Hall–Kier alpha value is -2.04. The number of rotatable bonds is 6. The lowest BCUT2D eigenvalue weighted by atomic mass is 10.3. The molecule has 0 saturated heterocycles. The highest BCUT2D eigenvalue weighted by atomic mass is 32.2. The van der Waals surface area contributed by atoms with E-state index in [0.717, 1.165) is 11.8 Å². The van der Waals surface area contributed by atoms with Gasteiger partial charge < -0.3 is 5.32 Å². The molecule has 0 aliphatic heterocycles. The van der Waals surface area contributed by atoms with Gasteiger partial charge in [-0.05, 0) is 36.5 Å². The lowest BCUT2D eigenvalue weighted by molar-refractivity contribution is -0.117. The molecule has 0 fully saturated rings. The first-order chi connectivity index (χ1) is 11.5. The van der Waals surface area contributed by atoms with Gasteiger partial charge in [-0.15, -0.1) is 11.7 Å². The number of halogens is 1. The van der Waals surface area contributed by atoms with E-state index < -0.39 is 11.9 Å². The van der Waals surface area contributed by atoms with Gasteiger partial charge in [-0.2, -0.15) is 0 Å². The number of aromatic nitrogens is 2. The standard InChI is InChI=1S/C14H13FN4O2S3/c1-2-7-16-12(21)17-11(20)8-23-13-18-19(14(22)24-13)10-5-3-9(15)4-6-10/h2-6H,1,7-8H2,(H2,16,17,20,21). The maximum absolute atomic E-state index is 13.0. The molecule has 2 rings (SSSR count). The number of hydrogen-bond donors (Lipinski definition) is 2. The van der Waals surface area contributed by atoms with Gasteiger partial charge in [0.1, 0.15) is 5.82 Å². The molecule has 2 N–H and O–H groups in total. The zero-order valence-electron chi connectivity index (χ0n) is 12.3. The molecule has 1 aromatic heterocycles. The van der Waals surface area contributed by atoms with E-state index in [1.54, 1.807) is 12.1 Å². The van der Waals surface area contributed by atoms with Crippen molar-refractivity contribution in [2.45, 2.75) is 4.34 Å². The Balaban J connectivity index is 1.94. The predicted octanol–water partition coefficient (Wildman–Crippen LogP) is 2.91. The van der Waals surface area contributed by atoms with Crippen molar-refractivity contribution >= 4 is 47.3 Å². The van der Waals surface area contributed by atoms with Crippen LogP contribution in [0.5, 0.6) is 0 Å². The first kappa shape index (κ1) is 18.3. The van der Waals surface area contributed by atoms with Crippen LogP contribution < -0.4 is 10.6 Å². The maximum atomic E-state index is 13.0. The van der Waals surface area contributed by atoms with Crippen LogP contribution in [0.2, 0.25) is 0 Å². The van der Waals surface area contributed by atoms with Crippen LogP contribution >= 0.6 is 35.3 Å². The molecule has 0 radical (unpaired) electrons. The fourth-order valence-corrected chi connectivity index (χ4v) is 3.72. The highest BCUT2D eigenvalue weighted by Crippen LogP contribution is 2.23. The quantitative estimate of drug-likeness (QED) is 0.455. The summed E-state index contributed by atoms with van der Waals surface area (Å²) in [6.07, 6.45) is 1.51. The molecule has 24 heavy (non-hydrogen) atoms. The first-order valence-corrected chi connectivity index (χ1v) is 8.88. The zero-order chi connectivity index (χ0) is 17.5. The first-order valence-electron chi connectivity index (χ1n) is 6.67. The number of nitrogens with one attached hydrogen (secondary N) is 2. The summed E-state index contributed by atoms with van der Waals surface area (Å²) in [5.74, 6) is -0.773. The highest BCUT2D eigenvalue weighted by Gasteiger charge is 2.11. The van der Waals surface area contributed by atoms with Gasteiger partial charge in [0.15, 0.2) is 8.29 Å². The van der Waals surface area contributed by atoms with E-state index in [2.05, 4.69) is 22.3 Å². The number of nitrogens with zero attached hydrogens (tertiary/aromatic N) is 2. The van der Waals surface area contributed by atoms with E-state index in [4.69, 9.17) is 12.2 Å². The van der Waals surface area contributed by atoms with E-state index in [9.17, 15) is 14.0 Å². The summed E-state index contributed by atoms with van der Waals surface area (Å²) in [5.41, 5.74) is 0.637. The fraction of sp³-hybridized carbons (Fsp3) is 0.143. The molecule has 0 unspecified atom stereocenters. The molecule has 0 bridgehead atoms. The summed E-state index contributed by atoms with van der Waals surface area (Å²) >= 11 is 7.61. The van der Waals surface area contributed by atoms with Gasteiger partial charge in [0, 0.05) is 6.54 Å². The molecule has 126 valence electrons. The lowest BCUT2D eigenvalue weighted by Gasteiger charge is -2.03. The van der Waals surface area contributed by atoms with Gasteiger partial charge in [-0.1, -0.05) is 29.2 Å². The van der Waals surface area contributed by atoms with Crippen LogP contribution in [0.15, 0.2) is 41.3 Å². The molecule has 1 aromatic carbocycles. The van der Waals surface area contributed by atoms with Crippen molar-refractivity contribution in [3.05, 3.63) is 46.7 Å². The molecule has 6 nitrogen and oxygen atoms in total. The summed E-state index contributed by atoms with van der Waals surface area (Å²) in [6, 6.07) is 5.19. The topological polar surface area (TPSA) is 76.0 Å². The minimum atomic E-state index is -0.579. The van der Waals surface area contributed by atoms with Gasteiger partial charge in [-0.3, -0.25) is 10.1 Å². The largest absolute Gasteiger partial charge is 0.334 e. The predicted molar refractivity (Wildman–Crippen MR) is 94.7 cm³/mol. The second kappa shape index (κ2) is 8.71. The molecule has 2 aromatic rings. The second-order valence-corrected chi connectivity index (χ2v) is 7.20. The minimum absolute atomic E-state index is 0.0210. The molecular weight excluding hydrogens is 371 g/mol. The summed E-state index contributed by atoms with van der Waals surface area (Å²) in [6.45, 7) is 3.73. The van der Waals surface area contributed by atoms with Gasteiger partial charge >= 0.3 is 6.03 Å². The van der Waals surface area contributed by atoms with Crippen LogP contribution in [0.1, 0.15) is 0 Å². The van der Waals surface area contributed by atoms with Crippen molar-refractivity contribution in [2.24, 2.45) is 0 Å². The van der Waals surface area contributed by atoms with Crippen molar-refractivity contribution in [3.8, 4) is 5.69 Å². The Morgan fingerprint density at radius 3 is 2.79 bits per heavy atom. The Kier molecular flexibility index (Phi) is 6.64. The minimum Gasteiger partial charge on any atom is -0.334 e. The fourth-order valence-electron chi connectivity index (χ4n) is 1.56. The molecular formula is C14H13FN4O2S3. The number of benzene rings is 1. The SMILES string of the molecule is C=CCNC(=O)NC(=O)CSc1nn(-c2ccc(F)cc2)c(=S)s1. The van der Waals surface area contributed by atoms with E-state index in [0.29, 0.717) is 14.0 Å². The monoisotopic (exact) mass is 384 g/mol. The van der Waals surface area contributed by atoms with Gasteiger partial charge in [-0.25, -0.2) is 13.9 Å². The van der Waals surface area contributed by atoms with Crippen LogP contribution in [0, 0.1) is 9.77 Å².